The van der Waals surface area contributed by atoms with Crippen molar-refractivity contribution in [1.29, 1.82) is 0 Å². The van der Waals surface area contributed by atoms with E-state index in [1.54, 1.807) is 30.0 Å². The molecule has 0 radical (unpaired) electrons. The summed E-state index contributed by atoms with van der Waals surface area (Å²) in [6.45, 7) is 0. The molecular formula is C13H13ClN2O2S2. The largest absolute Gasteiger partial charge is 0.496 e. The van der Waals surface area contributed by atoms with E-state index < -0.39 is 0 Å². The van der Waals surface area contributed by atoms with Gasteiger partial charge in [-0.15, -0.1) is 11.3 Å². The third-order valence-corrected chi connectivity index (χ3v) is 4.10. The van der Waals surface area contributed by atoms with Crippen molar-refractivity contribution < 1.29 is 9.53 Å². The van der Waals surface area contributed by atoms with Gasteiger partial charge in [0.2, 0.25) is 0 Å². The minimum atomic E-state index is -0.283. The van der Waals surface area contributed by atoms with E-state index in [0.717, 1.165) is 11.4 Å². The van der Waals surface area contributed by atoms with Gasteiger partial charge in [-0.3, -0.25) is 10.1 Å². The molecule has 106 valence electrons. The van der Waals surface area contributed by atoms with Crippen LogP contribution in [-0.4, -0.2) is 24.3 Å². The second kappa shape index (κ2) is 6.97. The Hall–Kier alpha value is -1.24. The van der Waals surface area contributed by atoms with Gasteiger partial charge in [-0.1, -0.05) is 11.6 Å². The SMILES string of the molecule is COc1ccc(Cl)cc1C(=O)Nc1nc(CSC)cs1. The fourth-order valence-electron chi connectivity index (χ4n) is 1.60. The molecule has 1 N–H and O–H groups in total. The van der Waals surface area contributed by atoms with Gasteiger partial charge < -0.3 is 4.74 Å². The second-order valence-electron chi connectivity index (χ2n) is 3.88. The highest BCUT2D eigenvalue weighted by Crippen LogP contribution is 2.25. The predicted molar refractivity (Wildman–Crippen MR) is 85.3 cm³/mol. The normalized spacial score (nSPS) is 10.3. The molecule has 0 saturated carbocycles. The molecule has 0 aliphatic carbocycles. The van der Waals surface area contributed by atoms with Crippen molar-refractivity contribution >= 4 is 45.7 Å². The van der Waals surface area contributed by atoms with Crippen molar-refractivity contribution in [2.24, 2.45) is 0 Å². The number of hydrogen-bond acceptors (Lipinski definition) is 5. The number of nitrogens with zero attached hydrogens (tertiary/aromatic N) is 1. The van der Waals surface area contributed by atoms with E-state index in [4.69, 9.17) is 16.3 Å². The number of thioether (sulfide) groups is 1. The number of carbonyl (C=O) groups excluding carboxylic acids is 1. The first-order chi connectivity index (χ1) is 9.63. The van der Waals surface area contributed by atoms with Gasteiger partial charge in [0.25, 0.3) is 5.91 Å². The van der Waals surface area contributed by atoms with Crippen LogP contribution in [0.3, 0.4) is 0 Å². The number of aromatic nitrogens is 1. The number of hydrogen-bond donors (Lipinski definition) is 1. The number of carbonyl (C=O) groups is 1. The molecule has 0 spiro atoms. The molecular weight excluding hydrogens is 316 g/mol. The molecule has 2 aromatic rings. The average molecular weight is 329 g/mol. The maximum absolute atomic E-state index is 12.2. The van der Waals surface area contributed by atoms with Crippen molar-refractivity contribution in [2.45, 2.75) is 5.75 Å². The van der Waals surface area contributed by atoms with Crippen LogP contribution in [0.5, 0.6) is 5.75 Å². The van der Waals surface area contributed by atoms with Gasteiger partial charge in [0.05, 0.1) is 18.4 Å². The Kier molecular flexibility index (Phi) is 5.28. The summed E-state index contributed by atoms with van der Waals surface area (Å²) in [5, 5.41) is 5.75. The highest BCUT2D eigenvalue weighted by atomic mass is 35.5. The topological polar surface area (TPSA) is 51.2 Å². The number of benzene rings is 1. The predicted octanol–water partition coefficient (Wildman–Crippen LogP) is 3.92. The molecule has 1 amide bonds. The first kappa shape index (κ1) is 15.2. The first-order valence-corrected chi connectivity index (χ1v) is 8.37. The monoisotopic (exact) mass is 328 g/mol. The number of ether oxygens (including phenoxy) is 1. The number of anilines is 1. The number of halogens is 1. The molecule has 0 saturated heterocycles. The second-order valence-corrected chi connectivity index (χ2v) is 6.04. The van der Waals surface area contributed by atoms with Gasteiger partial charge >= 0.3 is 0 Å². The molecule has 0 atom stereocenters. The van der Waals surface area contributed by atoms with E-state index >= 15 is 0 Å². The summed E-state index contributed by atoms with van der Waals surface area (Å²) in [5.41, 5.74) is 1.34. The lowest BCUT2D eigenvalue weighted by atomic mass is 10.2. The Bertz CT molecular complexity index is 616. The number of amides is 1. The fraction of sp³-hybridized carbons (Fsp3) is 0.231. The Labute approximate surface area is 130 Å². The third kappa shape index (κ3) is 3.65. The van der Waals surface area contributed by atoms with Crippen LogP contribution in [-0.2, 0) is 5.75 Å². The zero-order valence-corrected chi connectivity index (χ0v) is 13.4. The summed E-state index contributed by atoms with van der Waals surface area (Å²) in [7, 11) is 1.51. The lowest BCUT2D eigenvalue weighted by Gasteiger charge is -2.08. The van der Waals surface area contributed by atoms with Crippen molar-refractivity contribution in [3.63, 3.8) is 0 Å². The lowest BCUT2D eigenvalue weighted by molar-refractivity contribution is 0.102. The molecule has 1 aromatic heterocycles. The van der Waals surface area contributed by atoms with Crippen molar-refractivity contribution in [1.82, 2.24) is 4.98 Å². The molecule has 7 heteroatoms. The molecule has 0 fully saturated rings. The highest BCUT2D eigenvalue weighted by Gasteiger charge is 2.14. The lowest BCUT2D eigenvalue weighted by Crippen LogP contribution is -2.13. The smallest absolute Gasteiger partial charge is 0.261 e. The van der Waals surface area contributed by atoms with Crippen molar-refractivity contribution in [2.75, 3.05) is 18.7 Å². The van der Waals surface area contributed by atoms with Crippen LogP contribution in [0.25, 0.3) is 0 Å². The number of rotatable bonds is 5. The van der Waals surface area contributed by atoms with Gasteiger partial charge in [-0.25, -0.2) is 4.98 Å². The molecule has 2 rings (SSSR count). The molecule has 1 aromatic carbocycles. The van der Waals surface area contributed by atoms with Crippen LogP contribution in [0.1, 0.15) is 16.1 Å². The fourth-order valence-corrected chi connectivity index (χ4v) is 3.03. The van der Waals surface area contributed by atoms with Gasteiger partial charge in [0, 0.05) is 16.2 Å². The van der Waals surface area contributed by atoms with Crippen LogP contribution in [0, 0.1) is 0 Å². The molecule has 0 aliphatic rings. The average Bonchev–Trinajstić information content (AvgIpc) is 2.86. The maximum Gasteiger partial charge on any atom is 0.261 e. The quantitative estimate of drug-likeness (QED) is 0.903. The van der Waals surface area contributed by atoms with Gasteiger partial charge in [-0.05, 0) is 24.5 Å². The van der Waals surface area contributed by atoms with Crippen LogP contribution in [0.2, 0.25) is 5.02 Å². The molecule has 4 nitrogen and oxygen atoms in total. The molecule has 0 aliphatic heterocycles. The molecule has 20 heavy (non-hydrogen) atoms. The van der Waals surface area contributed by atoms with E-state index in [-0.39, 0.29) is 5.91 Å². The Balaban J connectivity index is 2.16. The molecule has 0 bridgehead atoms. The standard InChI is InChI=1S/C13H13ClN2O2S2/c1-18-11-4-3-8(14)5-10(11)12(17)16-13-15-9(6-19-2)7-20-13/h3-5,7H,6H2,1-2H3,(H,15,16,17). The van der Waals surface area contributed by atoms with Crippen molar-refractivity contribution in [3.8, 4) is 5.75 Å². The van der Waals surface area contributed by atoms with E-state index in [2.05, 4.69) is 10.3 Å². The Morgan fingerprint density at radius 1 is 1.55 bits per heavy atom. The zero-order valence-electron chi connectivity index (χ0n) is 11.0. The zero-order chi connectivity index (χ0) is 14.5. The highest BCUT2D eigenvalue weighted by molar-refractivity contribution is 7.97. The molecule has 0 unspecified atom stereocenters. The number of nitrogens with one attached hydrogen (secondary N) is 1. The molecule has 1 heterocycles. The van der Waals surface area contributed by atoms with Gasteiger partial charge in [0.15, 0.2) is 5.13 Å². The summed E-state index contributed by atoms with van der Waals surface area (Å²) in [5.74, 6) is 1.02. The van der Waals surface area contributed by atoms with E-state index in [9.17, 15) is 4.79 Å². The van der Waals surface area contributed by atoms with Crippen LogP contribution < -0.4 is 10.1 Å². The maximum atomic E-state index is 12.2. The third-order valence-electron chi connectivity index (χ3n) is 2.47. The summed E-state index contributed by atoms with van der Waals surface area (Å²) >= 11 is 9.00. The summed E-state index contributed by atoms with van der Waals surface area (Å²) < 4.78 is 5.16. The Morgan fingerprint density at radius 2 is 2.35 bits per heavy atom. The van der Waals surface area contributed by atoms with E-state index in [1.807, 2.05) is 11.6 Å². The number of methoxy groups -OCH3 is 1. The first-order valence-electron chi connectivity index (χ1n) is 5.72. The van der Waals surface area contributed by atoms with Crippen LogP contribution >= 0.6 is 34.7 Å². The summed E-state index contributed by atoms with van der Waals surface area (Å²) in [4.78, 5) is 16.6. The minimum Gasteiger partial charge on any atom is -0.496 e. The summed E-state index contributed by atoms with van der Waals surface area (Å²) in [6.07, 6.45) is 2.01. The van der Waals surface area contributed by atoms with Crippen LogP contribution in [0.4, 0.5) is 5.13 Å². The number of thiazole rings is 1. The van der Waals surface area contributed by atoms with E-state index in [1.165, 1.54) is 18.4 Å². The van der Waals surface area contributed by atoms with Crippen LogP contribution in [0.15, 0.2) is 23.6 Å². The minimum absolute atomic E-state index is 0.283. The Morgan fingerprint density at radius 3 is 3.05 bits per heavy atom. The van der Waals surface area contributed by atoms with E-state index in [0.29, 0.717) is 21.5 Å². The van der Waals surface area contributed by atoms with Gasteiger partial charge in [0.1, 0.15) is 5.75 Å². The van der Waals surface area contributed by atoms with Crippen molar-refractivity contribution in [3.05, 3.63) is 39.9 Å². The summed E-state index contributed by atoms with van der Waals surface area (Å²) in [6, 6.07) is 4.92. The van der Waals surface area contributed by atoms with Gasteiger partial charge in [-0.2, -0.15) is 11.8 Å².